The van der Waals surface area contributed by atoms with Gasteiger partial charge < -0.3 is 5.11 Å². The summed E-state index contributed by atoms with van der Waals surface area (Å²) in [7, 11) is 0. The lowest BCUT2D eigenvalue weighted by atomic mass is 9.85. The largest absolute Gasteiger partial charge is 0.425 e. The third-order valence-corrected chi connectivity index (χ3v) is 3.15. The molecule has 4 nitrogen and oxygen atoms in total. The second-order valence-electron chi connectivity index (χ2n) is 4.50. The van der Waals surface area contributed by atoms with Crippen LogP contribution >= 0.6 is 0 Å². The molecule has 1 unspecified atom stereocenters. The van der Waals surface area contributed by atoms with Crippen molar-refractivity contribution in [3.8, 4) is 0 Å². The molecule has 0 spiro atoms. The molecule has 1 N–H and O–H groups in total. The van der Waals surface area contributed by atoms with Gasteiger partial charge in [0.1, 0.15) is 5.82 Å². The van der Waals surface area contributed by atoms with Gasteiger partial charge in [-0.15, -0.1) is 0 Å². The third kappa shape index (κ3) is 2.52. The van der Waals surface area contributed by atoms with Crippen LogP contribution in [0.3, 0.4) is 0 Å². The van der Waals surface area contributed by atoms with Gasteiger partial charge in [-0.05, 0) is 6.07 Å². The minimum absolute atomic E-state index is 0.569. The summed E-state index contributed by atoms with van der Waals surface area (Å²) < 4.78 is 54.0. The molecule has 2 rings (SSSR count). The molecule has 2 aromatic carbocycles. The molecule has 22 heavy (non-hydrogen) atoms. The predicted molar refractivity (Wildman–Crippen MR) is 68.6 cm³/mol. The summed E-state index contributed by atoms with van der Waals surface area (Å²) in [5.41, 5.74) is -6.19. The molecule has 0 heterocycles. The van der Waals surface area contributed by atoms with Crippen molar-refractivity contribution >= 4 is 5.69 Å². The Balaban J connectivity index is 2.74. The lowest BCUT2D eigenvalue weighted by Gasteiger charge is -2.31. The van der Waals surface area contributed by atoms with Crippen LogP contribution in [0, 0.1) is 15.9 Å². The van der Waals surface area contributed by atoms with Gasteiger partial charge in [-0.3, -0.25) is 10.1 Å². The van der Waals surface area contributed by atoms with E-state index in [1.807, 2.05) is 0 Å². The molecule has 0 saturated heterocycles. The van der Waals surface area contributed by atoms with Crippen LogP contribution in [0.15, 0.2) is 48.5 Å². The van der Waals surface area contributed by atoms with E-state index in [1.165, 1.54) is 6.07 Å². The van der Waals surface area contributed by atoms with E-state index >= 15 is 0 Å². The topological polar surface area (TPSA) is 63.4 Å². The van der Waals surface area contributed by atoms with Gasteiger partial charge in [0.15, 0.2) is 0 Å². The number of nitro benzene ring substituents is 1. The normalized spacial score (nSPS) is 14.4. The highest BCUT2D eigenvalue weighted by molar-refractivity contribution is 5.44. The van der Waals surface area contributed by atoms with Gasteiger partial charge in [0.05, 0.1) is 4.92 Å². The van der Waals surface area contributed by atoms with E-state index in [9.17, 15) is 32.8 Å². The monoisotopic (exact) mass is 315 g/mol. The summed E-state index contributed by atoms with van der Waals surface area (Å²) in [6.45, 7) is 0. The van der Waals surface area contributed by atoms with Crippen LogP contribution in [0.25, 0.3) is 0 Å². The first-order valence-electron chi connectivity index (χ1n) is 5.97. The Hall–Kier alpha value is -2.48. The molecule has 8 heteroatoms. The zero-order valence-corrected chi connectivity index (χ0v) is 10.8. The molecule has 0 fully saturated rings. The Bertz CT molecular complexity index is 717. The van der Waals surface area contributed by atoms with E-state index in [-0.39, 0.29) is 0 Å². The first-order chi connectivity index (χ1) is 10.2. The van der Waals surface area contributed by atoms with Crippen molar-refractivity contribution in [2.45, 2.75) is 11.8 Å². The summed E-state index contributed by atoms with van der Waals surface area (Å²) in [5.74, 6) is -1.27. The number of halogens is 4. The van der Waals surface area contributed by atoms with Crippen molar-refractivity contribution < 1.29 is 27.6 Å². The first-order valence-corrected chi connectivity index (χ1v) is 5.97. The van der Waals surface area contributed by atoms with Crippen LogP contribution in [0.4, 0.5) is 23.2 Å². The molecule has 116 valence electrons. The number of aliphatic hydroxyl groups is 1. The van der Waals surface area contributed by atoms with Crippen LogP contribution in [-0.2, 0) is 5.60 Å². The average molecular weight is 315 g/mol. The van der Waals surface area contributed by atoms with E-state index in [0.29, 0.717) is 6.07 Å². The number of non-ortho nitro benzene ring substituents is 1. The molecular weight excluding hydrogens is 306 g/mol. The van der Waals surface area contributed by atoms with Gasteiger partial charge in [-0.1, -0.05) is 30.3 Å². The van der Waals surface area contributed by atoms with Crippen LogP contribution in [0.2, 0.25) is 0 Å². The Kier molecular flexibility index (Phi) is 3.89. The van der Waals surface area contributed by atoms with Crippen LogP contribution < -0.4 is 0 Å². The maximum absolute atomic E-state index is 13.8. The zero-order chi connectivity index (χ0) is 16.5. The van der Waals surface area contributed by atoms with Crippen molar-refractivity contribution in [3.63, 3.8) is 0 Å². The quantitative estimate of drug-likeness (QED) is 0.535. The Morgan fingerprint density at radius 3 is 2.23 bits per heavy atom. The second-order valence-corrected chi connectivity index (χ2v) is 4.50. The maximum Gasteiger partial charge on any atom is 0.425 e. The third-order valence-electron chi connectivity index (χ3n) is 3.15. The lowest BCUT2D eigenvalue weighted by Crippen LogP contribution is -2.44. The van der Waals surface area contributed by atoms with E-state index < -0.39 is 39.3 Å². The molecule has 0 saturated carbocycles. The van der Waals surface area contributed by atoms with Gasteiger partial charge in [0.25, 0.3) is 5.69 Å². The van der Waals surface area contributed by atoms with Crippen molar-refractivity contribution in [1.82, 2.24) is 0 Å². The summed E-state index contributed by atoms with van der Waals surface area (Å²) in [6, 6.07) is 7.24. The number of nitrogens with zero attached hydrogens (tertiary/aromatic N) is 1. The van der Waals surface area contributed by atoms with Crippen LogP contribution in [-0.4, -0.2) is 16.2 Å². The molecule has 1 atom stereocenters. The average Bonchev–Trinajstić information content (AvgIpc) is 2.46. The molecule has 0 radical (unpaired) electrons. The van der Waals surface area contributed by atoms with Crippen LogP contribution in [0.5, 0.6) is 0 Å². The highest BCUT2D eigenvalue weighted by Gasteiger charge is 2.57. The number of rotatable bonds is 3. The summed E-state index contributed by atoms with van der Waals surface area (Å²) in [6.07, 6.45) is -5.27. The second kappa shape index (κ2) is 5.38. The summed E-state index contributed by atoms with van der Waals surface area (Å²) in [4.78, 5) is 9.80. The van der Waals surface area contributed by atoms with Crippen molar-refractivity contribution in [3.05, 3.63) is 75.6 Å². The Morgan fingerprint density at radius 1 is 1.05 bits per heavy atom. The Labute approximate surface area is 121 Å². The minimum atomic E-state index is -5.27. The fourth-order valence-electron chi connectivity index (χ4n) is 2.07. The maximum atomic E-state index is 13.8. The molecule has 0 bridgehead atoms. The number of hydrogen-bond acceptors (Lipinski definition) is 3. The fraction of sp³-hybridized carbons (Fsp3) is 0.143. The van der Waals surface area contributed by atoms with Gasteiger partial charge in [-0.2, -0.15) is 13.2 Å². The molecular formula is C14H9F4NO3. The van der Waals surface area contributed by atoms with E-state index in [0.717, 1.165) is 36.4 Å². The molecule has 2 aromatic rings. The molecule has 0 amide bonds. The summed E-state index contributed by atoms with van der Waals surface area (Å²) in [5, 5.41) is 20.9. The molecule has 0 aliphatic heterocycles. The lowest BCUT2D eigenvalue weighted by molar-refractivity contribution is -0.385. The Morgan fingerprint density at radius 2 is 1.68 bits per heavy atom. The number of benzene rings is 2. The van der Waals surface area contributed by atoms with Gasteiger partial charge >= 0.3 is 6.18 Å². The number of hydrogen-bond donors (Lipinski definition) is 1. The van der Waals surface area contributed by atoms with Crippen molar-refractivity contribution in [1.29, 1.82) is 0 Å². The van der Waals surface area contributed by atoms with Crippen LogP contribution in [0.1, 0.15) is 11.1 Å². The van der Waals surface area contributed by atoms with E-state index in [1.54, 1.807) is 0 Å². The fourth-order valence-corrected chi connectivity index (χ4v) is 2.07. The standard InChI is InChI=1S/C14H9F4NO3/c15-12-7-2-1-6-11(12)13(20,14(16,17)18)9-4-3-5-10(8-9)19(21)22/h1-8,20H. The zero-order valence-electron chi connectivity index (χ0n) is 10.8. The van der Waals surface area contributed by atoms with Crippen molar-refractivity contribution in [2.75, 3.05) is 0 Å². The molecule has 0 aliphatic carbocycles. The van der Waals surface area contributed by atoms with Crippen molar-refractivity contribution in [2.24, 2.45) is 0 Å². The van der Waals surface area contributed by atoms with Gasteiger partial charge in [0.2, 0.25) is 5.60 Å². The highest BCUT2D eigenvalue weighted by atomic mass is 19.4. The highest BCUT2D eigenvalue weighted by Crippen LogP contribution is 2.45. The number of alkyl halides is 3. The van der Waals surface area contributed by atoms with E-state index in [4.69, 9.17) is 0 Å². The van der Waals surface area contributed by atoms with Gasteiger partial charge in [-0.25, -0.2) is 4.39 Å². The molecule has 0 aromatic heterocycles. The predicted octanol–water partition coefficient (Wildman–Crippen LogP) is 3.53. The van der Waals surface area contributed by atoms with E-state index in [2.05, 4.69) is 0 Å². The summed E-state index contributed by atoms with van der Waals surface area (Å²) >= 11 is 0. The SMILES string of the molecule is O=[N+]([O-])c1cccc(C(O)(c2ccccc2F)C(F)(F)F)c1. The van der Waals surface area contributed by atoms with Gasteiger partial charge in [0, 0.05) is 23.3 Å². The smallest absolute Gasteiger partial charge is 0.372 e. The number of nitro groups is 1. The first kappa shape index (κ1) is 15.9. The minimum Gasteiger partial charge on any atom is -0.372 e. The molecule has 0 aliphatic rings.